The summed E-state index contributed by atoms with van der Waals surface area (Å²) >= 11 is 0. The van der Waals surface area contributed by atoms with Crippen LogP contribution in [0, 0.1) is 0 Å². The van der Waals surface area contributed by atoms with Crippen LogP contribution in [0.5, 0.6) is 0 Å². The molecule has 0 heterocycles. The van der Waals surface area contributed by atoms with Gasteiger partial charge in [0.05, 0.1) is 12.2 Å². The average Bonchev–Trinajstić information content (AvgIpc) is 2.01. The molecule has 1 rings (SSSR count). The zero-order valence-corrected chi connectivity index (χ0v) is 8.85. The van der Waals surface area contributed by atoms with Crippen LogP contribution in [0.4, 0.5) is 0 Å². The van der Waals surface area contributed by atoms with E-state index in [4.69, 9.17) is 19.7 Å². The molecule has 0 spiro atoms. The molecule has 0 radical (unpaired) electrons. The van der Waals surface area contributed by atoms with Crippen molar-refractivity contribution in [1.29, 1.82) is 0 Å². The Bertz CT molecular complexity index is 142. The number of aliphatic hydroxyl groups is 2. The van der Waals surface area contributed by atoms with Gasteiger partial charge in [-0.15, -0.1) is 0 Å². The predicted molar refractivity (Wildman–Crippen MR) is 51.6 cm³/mol. The van der Waals surface area contributed by atoms with E-state index < -0.39 is 12.6 Å². The Hall–Kier alpha value is -0.160. The maximum Gasteiger partial charge on any atom is 0.152 e. The molecule has 84 valence electrons. The lowest BCUT2D eigenvalue weighted by Gasteiger charge is -2.30. The molecule has 2 N–H and O–H groups in total. The smallest absolute Gasteiger partial charge is 0.152 e. The highest BCUT2D eigenvalue weighted by atomic mass is 16.6. The van der Waals surface area contributed by atoms with Crippen molar-refractivity contribution >= 4 is 0 Å². The third kappa shape index (κ3) is 4.37. The number of ether oxygens (including phenoxy) is 2. The van der Waals surface area contributed by atoms with E-state index in [1.165, 1.54) is 0 Å². The van der Waals surface area contributed by atoms with Gasteiger partial charge in [-0.3, -0.25) is 0 Å². The van der Waals surface area contributed by atoms with E-state index in [2.05, 4.69) is 0 Å². The van der Waals surface area contributed by atoms with Gasteiger partial charge in [-0.25, -0.2) is 0 Å². The largest absolute Gasteiger partial charge is 0.368 e. The molecule has 0 bridgehead atoms. The lowest BCUT2D eigenvalue weighted by Crippen LogP contribution is -2.32. The van der Waals surface area contributed by atoms with Gasteiger partial charge in [0.1, 0.15) is 0 Å². The molecule has 0 aromatic heterocycles. The van der Waals surface area contributed by atoms with Gasteiger partial charge in [-0.05, 0) is 39.5 Å². The number of aliphatic hydroxyl groups excluding tert-OH is 2. The molecular weight excluding hydrogens is 184 g/mol. The van der Waals surface area contributed by atoms with Crippen LogP contribution < -0.4 is 0 Å². The molecule has 1 aliphatic carbocycles. The van der Waals surface area contributed by atoms with Gasteiger partial charge in [0, 0.05) is 0 Å². The summed E-state index contributed by atoms with van der Waals surface area (Å²) in [4.78, 5) is 0. The monoisotopic (exact) mass is 204 g/mol. The minimum absolute atomic E-state index is 0.0625. The van der Waals surface area contributed by atoms with Crippen molar-refractivity contribution in [2.45, 2.75) is 64.3 Å². The van der Waals surface area contributed by atoms with Crippen LogP contribution in [0.2, 0.25) is 0 Å². The van der Waals surface area contributed by atoms with Crippen LogP contribution in [0.15, 0.2) is 0 Å². The minimum atomic E-state index is -0.717. The Morgan fingerprint density at radius 2 is 1.43 bits per heavy atom. The summed E-state index contributed by atoms with van der Waals surface area (Å²) < 4.78 is 10.6. The second-order valence-corrected chi connectivity index (χ2v) is 3.88. The first kappa shape index (κ1) is 11.9. The third-order valence-electron chi connectivity index (χ3n) is 2.36. The fraction of sp³-hybridized carbons (Fsp3) is 1.00. The Balaban J connectivity index is 2.28. The fourth-order valence-corrected chi connectivity index (χ4v) is 1.91. The highest BCUT2D eigenvalue weighted by Gasteiger charge is 2.24. The highest BCUT2D eigenvalue weighted by molar-refractivity contribution is 4.74. The molecule has 0 saturated heterocycles. The van der Waals surface area contributed by atoms with Gasteiger partial charge < -0.3 is 19.7 Å². The zero-order valence-electron chi connectivity index (χ0n) is 8.85. The molecule has 0 aromatic carbocycles. The molecule has 4 unspecified atom stereocenters. The number of hydrogen-bond donors (Lipinski definition) is 2. The predicted octanol–water partition coefficient (Wildman–Crippen LogP) is 1.01. The molecule has 0 aliphatic heterocycles. The van der Waals surface area contributed by atoms with E-state index in [0.717, 1.165) is 25.7 Å². The molecule has 14 heavy (non-hydrogen) atoms. The quantitative estimate of drug-likeness (QED) is 0.671. The molecule has 0 amide bonds. The molecule has 4 nitrogen and oxygen atoms in total. The first-order valence-electron chi connectivity index (χ1n) is 5.25. The summed E-state index contributed by atoms with van der Waals surface area (Å²) in [5.41, 5.74) is 0. The van der Waals surface area contributed by atoms with E-state index in [0.29, 0.717) is 0 Å². The topological polar surface area (TPSA) is 58.9 Å². The normalized spacial score (nSPS) is 32.6. The maximum atomic E-state index is 9.06. The molecule has 0 aromatic rings. The number of rotatable bonds is 4. The van der Waals surface area contributed by atoms with Gasteiger partial charge in [0.2, 0.25) is 0 Å². The lowest BCUT2D eigenvalue weighted by molar-refractivity contribution is -0.174. The standard InChI is InChI=1S/C10H20O4/c1-7(11)13-9-4-3-5-10(6-9)14-8(2)12/h7-12H,3-6H2,1-2H3. The van der Waals surface area contributed by atoms with Gasteiger partial charge in [0.25, 0.3) is 0 Å². The van der Waals surface area contributed by atoms with Crippen molar-refractivity contribution in [1.82, 2.24) is 0 Å². The van der Waals surface area contributed by atoms with Crippen LogP contribution in [-0.2, 0) is 9.47 Å². The molecule has 1 fully saturated rings. The first-order valence-corrected chi connectivity index (χ1v) is 5.25. The van der Waals surface area contributed by atoms with Crippen molar-refractivity contribution in [2.75, 3.05) is 0 Å². The van der Waals surface area contributed by atoms with E-state index >= 15 is 0 Å². The average molecular weight is 204 g/mol. The van der Waals surface area contributed by atoms with Crippen molar-refractivity contribution in [2.24, 2.45) is 0 Å². The highest BCUT2D eigenvalue weighted by Crippen LogP contribution is 2.24. The Labute approximate surface area is 84.8 Å². The molecular formula is C10H20O4. The van der Waals surface area contributed by atoms with Crippen molar-refractivity contribution < 1.29 is 19.7 Å². The Morgan fingerprint density at radius 1 is 1.00 bits per heavy atom. The van der Waals surface area contributed by atoms with E-state index in [1.54, 1.807) is 13.8 Å². The second kappa shape index (κ2) is 5.66. The Morgan fingerprint density at radius 3 is 1.79 bits per heavy atom. The second-order valence-electron chi connectivity index (χ2n) is 3.88. The van der Waals surface area contributed by atoms with Crippen LogP contribution >= 0.6 is 0 Å². The van der Waals surface area contributed by atoms with Gasteiger partial charge in [-0.1, -0.05) is 0 Å². The van der Waals surface area contributed by atoms with E-state index in [-0.39, 0.29) is 12.2 Å². The summed E-state index contributed by atoms with van der Waals surface area (Å²) in [6.45, 7) is 3.22. The van der Waals surface area contributed by atoms with Crippen LogP contribution in [0.3, 0.4) is 0 Å². The number of hydrogen-bond acceptors (Lipinski definition) is 4. The maximum absolute atomic E-state index is 9.06. The first-order chi connectivity index (χ1) is 6.58. The summed E-state index contributed by atoms with van der Waals surface area (Å²) in [7, 11) is 0. The van der Waals surface area contributed by atoms with Crippen LogP contribution in [0.25, 0.3) is 0 Å². The van der Waals surface area contributed by atoms with Crippen LogP contribution in [-0.4, -0.2) is 35.0 Å². The van der Waals surface area contributed by atoms with E-state index in [9.17, 15) is 0 Å². The summed E-state index contributed by atoms with van der Waals surface area (Å²) in [5, 5.41) is 18.1. The molecule has 1 aliphatic rings. The minimum Gasteiger partial charge on any atom is -0.368 e. The Kier molecular flexibility index (Phi) is 4.81. The summed E-state index contributed by atoms with van der Waals surface area (Å²) in [6, 6.07) is 0. The zero-order chi connectivity index (χ0) is 10.6. The van der Waals surface area contributed by atoms with E-state index in [1.807, 2.05) is 0 Å². The van der Waals surface area contributed by atoms with Crippen LogP contribution in [0.1, 0.15) is 39.5 Å². The lowest BCUT2D eigenvalue weighted by atomic mass is 9.95. The SMILES string of the molecule is CC(O)OC1CCCC(OC(C)O)C1. The summed E-state index contributed by atoms with van der Waals surface area (Å²) in [6.07, 6.45) is 2.40. The van der Waals surface area contributed by atoms with Gasteiger partial charge >= 0.3 is 0 Å². The van der Waals surface area contributed by atoms with Crippen molar-refractivity contribution in [3.63, 3.8) is 0 Å². The fourth-order valence-electron chi connectivity index (χ4n) is 1.91. The molecule has 4 atom stereocenters. The van der Waals surface area contributed by atoms with Gasteiger partial charge in [0.15, 0.2) is 12.6 Å². The third-order valence-corrected chi connectivity index (χ3v) is 2.36. The van der Waals surface area contributed by atoms with Crippen molar-refractivity contribution in [3.8, 4) is 0 Å². The van der Waals surface area contributed by atoms with Gasteiger partial charge in [-0.2, -0.15) is 0 Å². The summed E-state index contributed by atoms with van der Waals surface area (Å²) in [5.74, 6) is 0. The van der Waals surface area contributed by atoms with Crippen molar-refractivity contribution in [3.05, 3.63) is 0 Å². The molecule has 1 saturated carbocycles. The molecule has 4 heteroatoms.